The number of phenols is 1. The van der Waals surface area contributed by atoms with E-state index in [1.807, 2.05) is 0 Å². The van der Waals surface area contributed by atoms with Crippen LogP contribution in [0.3, 0.4) is 0 Å². The zero-order valence-corrected chi connectivity index (χ0v) is 15.8. The second-order valence-electron chi connectivity index (χ2n) is 6.72. The van der Waals surface area contributed by atoms with Gasteiger partial charge in [0.05, 0.1) is 4.91 Å². The van der Waals surface area contributed by atoms with Crippen LogP contribution >= 0.6 is 11.8 Å². The summed E-state index contributed by atoms with van der Waals surface area (Å²) in [5.74, 6) is -0.840. The Labute approximate surface area is 157 Å². The summed E-state index contributed by atoms with van der Waals surface area (Å²) < 4.78 is 13.2. The van der Waals surface area contributed by atoms with Crippen LogP contribution in [0, 0.1) is 5.82 Å². The quantitative estimate of drug-likeness (QED) is 0.761. The van der Waals surface area contributed by atoms with E-state index in [-0.39, 0.29) is 11.7 Å². The smallest absolute Gasteiger partial charge is 0.286 e. The van der Waals surface area contributed by atoms with Crippen LogP contribution in [0.5, 0.6) is 5.75 Å². The molecule has 0 aromatic heterocycles. The summed E-state index contributed by atoms with van der Waals surface area (Å²) in [4.78, 5) is 20.7. The highest BCUT2D eigenvalue weighted by Gasteiger charge is 2.27. The minimum absolute atomic E-state index is 0.0538. The summed E-state index contributed by atoms with van der Waals surface area (Å²) in [6.45, 7) is 4.47. The average molecular weight is 377 g/mol. The lowest BCUT2D eigenvalue weighted by atomic mass is 10.2. The van der Waals surface area contributed by atoms with E-state index in [0.717, 1.165) is 25.9 Å². The Morgan fingerprint density at radius 3 is 2.42 bits per heavy atom. The maximum absolute atomic E-state index is 13.2. The van der Waals surface area contributed by atoms with E-state index in [0.29, 0.717) is 15.6 Å². The molecular weight excluding hydrogens is 353 g/mol. The van der Waals surface area contributed by atoms with Crippen molar-refractivity contribution in [1.29, 1.82) is 0 Å². The lowest BCUT2D eigenvalue weighted by Gasteiger charge is -2.14. The van der Waals surface area contributed by atoms with Crippen molar-refractivity contribution in [1.82, 2.24) is 9.80 Å². The van der Waals surface area contributed by atoms with E-state index >= 15 is 0 Å². The summed E-state index contributed by atoms with van der Waals surface area (Å²) in [6.07, 6.45) is 6.53. The van der Waals surface area contributed by atoms with Gasteiger partial charge in [-0.2, -0.15) is 4.99 Å². The summed E-state index contributed by atoms with van der Waals surface area (Å²) in [5.41, 5.74) is 0.290. The van der Waals surface area contributed by atoms with Crippen LogP contribution in [0.4, 0.5) is 4.39 Å². The fourth-order valence-corrected chi connectivity index (χ4v) is 4.05. The maximum atomic E-state index is 13.2. The van der Waals surface area contributed by atoms with E-state index < -0.39 is 5.82 Å². The molecule has 1 N–H and O–H groups in total. The maximum Gasteiger partial charge on any atom is 0.286 e. The van der Waals surface area contributed by atoms with Gasteiger partial charge in [0.15, 0.2) is 5.17 Å². The van der Waals surface area contributed by atoms with Gasteiger partial charge in [-0.1, -0.05) is 0 Å². The van der Waals surface area contributed by atoms with Crippen LogP contribution in [-0.2, 0) is 4.79 Å². The molecule has 5 nitrogen and oxygen atoms in total. The molecule has 1 aromatic carbocycles. The Morgan fingerprint density at radius 2 is 1.81 bits per heavy atom. The molecule has 2 fully saturated rings. The lowest BCUT2D eigenvalue weighted by molar-refractivity contribution is -0.113. The largest absolute Gasteiger partial charge is 0.507 e. The average Bonchev–Trinajstić information content (AvgIpc) is 3.35. The molecule has 0 radical (unpaired) electrons. The van der Waals surface area contributed by atoms with Gasteiger partial charge in [-0.05, 0) is 81.9 Å². The van der Waals surface area contributed by atoms with Gasteiger partial charge in [0.2, 0.25) is 0 Å². The first-order valence-electron chi connectivity index (χ1n) is 8.97. The summed E-state index contributed by atoms with van der Waals surface area (Å²) in [7, 11) is 2.17. The Kier molecular flexibility index (Phi) is 6.32. The van der Waals surface area contributed by atoms with Crippen LogP contribution < -0.4 is 0 Å². The van der Waals surface area contributed by atoms with Gasteiger partial charge >= 0.3 is 0 Å². The number of likely N-dealkylation sites (tertiary alicyclic amines) is 2. The second kappa shape index (κ2) is 8.68. The van der Waals surface area contributed by atoms with Crippen molar-refractivity contribution in [2.45, 2.75) is 25.7 Å². The number of aromatic hydroxyl groups is 1. The Balaban J connectivity index is 0.000000278. The zero-order valence-electron chi connectivity index (χ0n) is 14.9. The van der Waals surface area contributed by atoms with Crippen molar-refractivity contribution in [2.24, 2.45) is 4.99 Å². The first kappa shape index (κ1) is 18.9. The summed E-state index contributed by atoms with van der Waals surface area (Å²) in [6, 6.07) is 3.64. The van der Waals surface area contributed by atoms with E-state index in [4.69, 9.17) is 0 Å². The number of amides is 1. The van der Waals surface area contributed by atoms with E-state index in [9.17, 15) is 14.3 Å². The predicted octanol–water partition coefficient (Wildman–Crippen LogP) is 3.31. The SMILES string of the molecule is CN1CCCC1.O=C1N=C(N2CCCC2)S/C1=C\c1cc(F)ccc1O. The molecule has 7 heteroatoms. The number of aliphatic imine (C=N–C) groups is 1. The van der Waals surface area contributed by atoms with Crippen molar-refractivity contribution in [3.63, 3.8) is 0 Å². The number of thioether (sulfide) groups is 1. The molecule has 0 aliphatic carbocycles. The highest BCUT2D eigenvalue weighted by Crippen LogP contribution is 2.33. The molecule has 0 atom stereocenters. The molecule has 1 amide bonds. The van der Waals surface area contributed by atoms with Gasteiger partial charge in [0.25, 0.3) is 5.91 Å². The van der Waals surface area contributed by atoms with Crippen LogP contribution in [-0.4, -0.2) is 59.2 Å². The topological polar surface area (TPSA) is 56.1 Å². The lowest BCUT2D eigenvalue weighted by Crippen LogP contribution is -2.23. The molecule has 0 saturated carbocycles. The van der Waals surface area contributed by atoms with Gasteiger partial charge in [-0.15, -0.1) is 0 Å². The molecule has 3 aliphatic heterocycles. The fraction of sp³-hybridized carbons (Fsp3) is 0.474. The molecule has 4 rings (SSSR count). The van der Waals surface area contributed by atoms with Crippen LogP contribution in [0.2, 0.25) is 0 Å². The minimum Gasteiger partial charge on any atom is -0.507 e. The number of rotatable bonds is 1. The van der Waals surface area contributed by atoms with E-state index in [2.05, 4.69) is 21.8 Å². The summed E-state index contributed by atoms with van der Waals surface area (Å²) in [5, 5.41) is 10.4. The summed E-state index contributed by atoms with van der Waals surface area (Å²) >= 11 is 1.28. The molecule has 1 aromatic rings. The van der Waals surface area contributed by atoms with Crippen LogP contribution in [0.25, 0.3) is 6.08 Å². The number of benzene rings is 1. The molecular formula is C19H24FN3O2S. The standard InChI is InChI=1S/C14H13FN2O2S.C5H11N/c15-10-3-4-11(18)9(7-10)8-12-13(19)16-14(20-12)17-5-1-2-6-17;1-6-4-2-3-5-6/h3-4,7-8,18H,1-2,5-6H2;2-5H2,1H3/b12-8-;. The number of carbonyl (C=O) groups excluding carboxylic acids is 1. The first-order chi connectivity index (χ1) is 12.5. The molecule has 0 bridgehead atoms. The Bertz CT molecular complexity index is 723. The van der Waals surface area contributed by atoms with Crippen molar-refractivity contribution in [3.05, 3.63) is 34.5 Å². The number of nitrogens with zero attached hydrogens (tertiary/aromatic N) is 3. The number of hydrogen-bond donors (Lipinski definition) is 1. The van der Waals surface area contributed by atoms with Gasteiger partial charge in [0, 0.05) is 18.7 Å². The number of phenolic OH excluding ortho intramolecular Hbond substituents is 1. The number of hydrogen-bond acceptors (Lipinski definition) is 5. The number of carbonyl (C=O) groups is 1. The van der Waals surface area contributed by atoms with Gasteiger partial charge < -0.3 is 14.9 Å². The Morgan fingerprint density at radius 1 is 1.15 bits per heavy atom. The molecule has 0 spiro atoms. The Hall–Kier alpha value is -1.86. The third-order valence-electron chi connectivity index (χ3n) is 4.59. The van der Waals surface area contributed by atoms with Crippen molar-refractivity contribution in [2.75, 3.05) is 33.2 Å². The van der Waals surface area contributed by atoms with Crippen LogP contribution in [0.15, 0.2) is 28.1 Å². The first-order valence-corrected chi connectivity index (χ1v) is 9.79. The molecule has 3 aliphatic rings. The van der Waals surface area contributed by atoms with Gasteiger partial charge in [0.1, 0.15) is 11.6 Å². The highest BCUT2D eigenvalue weighted by molar-refractivity contribution is 8.18. The van der Waals surface area contributed by atoms with Crippen molar-refractivity contribution >= 4 is 28.9 Å². The number of halogens is 1. The highest BCUT2D eigenvalue weighted by atomic mass is 32.2. The minimum atomic E-state index is -0.453. The van der Waals surface area contributed by atoms with Gasteiger partial charge in [-0.25, -0.2) is 4.39 Å². The van der Waals surface area contributed by atoms with Crippen molar-refractivity contribution in [3.8, 4) is 5.75 Å². The molecule has 0 unspecified atom stereocenters. The fourth-order valence-electron chi connectivity index (χ4n) is 3.10. The van der Waals surface area contributed by atoms with Crippen LogP contribution in [0.1, 0.15) is 31.2 Å². The van der Waals surface area contributed by atoms with Gasteiger partial charge in [-0.3, -0.25) is 4.79 Å². The van der Waals surface area contributed by atoms with Crippen molar-refractivity contribution < 1.29 is 14.3 Å². The van der Waals surface area contributed by atoms with E-state index in [1.54, 1.807) is 0 Å². The zero-order chi connectivity index (χ0) is 18.5. The second-order valence-corrected chi connectivity index (χ2v) is 7.73. The predicted molar refractivity (Wildman–Crippen MR) is 104 cm³/mol. The monoisotopic (exact) mass is 377 g/mol. The van der Waals surface area contributed by atoms with E-state index in [1.165, 1.54) is 62.0 Å². The molecule has 140 valence electrons. The third-order valence-corrected chi connectivity index (χ3v) is 5.64. The molecule has 3 heterocycles. The molecule has 26 heavy (non-hydrogen) atoms. The molecule has 2 saturated heterocycles. The number of amidine groups is 1. The third kappa shape index (κ3) is 4.86. The normalized spacial score (nSPS) is 21.9.